The van der Waals surface area contributed by atoms with Crippen LogP contribution in [0.25, 0.3) is 6.08 Å². The Morgan fingerprint density at radius 1 is 1.09 bits per heavy atom. The molecule has 1 saturated heterocycles. The van der Waals surface area contributed by atoms with Gasteiger partial charge in [0, 0.05) is 43.6 Å². The minimum Gasteiger partial charge on any atom is -0.487 e. The van der Waals surface area contributed by atoms with Crippen LogP contribution in [0.5, 0.6) is 5.75 Å². The zero-order valence-corrected chi connectivity index (χ0v) is 25.2. The average molecular weight is 577 g/mol. The summed E-state index contributed by atoms with van der Waals surface area (Å²) in [6, 6.07) is 25.1. The molecule has 222 valence electrons. The molecule has 0 radical (unpaired) electrons. The van der Waals surface area contributed by atoms with Crippen molar-refractivity contribution in [3.05, 3.63) is 107 Å². The number of piperidine rings is 1. The van der Waals surface area contributed by atoms with Crippen molar-refractivity contribution in [2.45, 2.75) is 69.2 Å². The fraction of sp³-hybridized carbons (Fsp3) is 0.405. The van der Waals surface area contributed by atoms with E-state index >= 15 is 0 Å². The van der Waals surface area contributed by atoms with Gasteiger partial charge in [0.05, 0.1) is 6.04 Å². The van der Waals surface area contributed by atoms with Gasteiger partial charge in [-0.3, -0.25) is 14.5 Å². The van der Waals surface area contributed by atoms with Crippen molar-refractivity contribution in [3.63, 3.8) is 0 Å². The second kappa shape index (κ2) is 11.0. The molecule has 2 aliphatic carbocycles. The second-order valence-electron chi connectivity index (χ2n) is 12.8. The van der Waals surface area contributed by atoms with Crippen LogP contribution in [-0.2, 0) is 26.2 Å². The number of nitrogens with zero attached hydrogens (tertiary/aromatic N) is 2. The summed E-state index contributed by atoms with van der Waals surface area (Å²) in [6.45, 7) is 5.13. The van der Waals surface area contributed by atoms with Gasteiger partial charge in [-0.05, 0) is 73.9 Å². The van der Waals surface area contributed by atoms with Crippen molar-refractivity contribution in [2.75, 3.05) is 20.1 Å². The van der Waals surface area contributed by atoms with E-state index in [1.807, 2.05) is 60.5 Å². The van der Waals surface area contributed by atoms with E-state index in [-0.39, 0.29) is 35.5 Å². The predicted octanol–water partition coefficient (Wildman–Crippen LogP) is 5.88. The molecule has 0 aromatic heterocycles. The number of benzene rings is 3. The van der Waals surface area contributed by atoms with Gasteiger partial charge in [0.2, 0.25) is 5.91 Å². The highest BCUT2D eigenvalue weighted by Crippen LogP contribution is 2.62. The molecule has 2 heterocycles. The highest BCUT2D eigenvalue weighted by Gasteiger charge is 2.66. The van der Waals surface area contributed by atoms with E-state index in [1.165, 1.54) is 23.6 Å². The first-order valence-corrected chi connectivity index (χ1v) is 15.6. The molecule has 43 heavy (non-hydrogen) atoms. The van der Waals surface area contributed by atoms with Crippen molar-refractivity contribution < 1.29 is 19.1 Å². The van der Waals surface area contributed by atoms with E-state index in [0.717, 1.165) is 49.1 Å². The lowest BCUT2D eigenvalue weighted by atomic mass is 9.51. The SMILES string of the molecule is CC(=O)OC(CN1CC[C@]23c4c5cccc4O[C@H]2[C@H](N(C)C(=O)C=Cc2cccc(C)c2)CC[C@H]3[C@H]1C5)c1ccccc1. The van der Waals surface area contributed by atoms with Gasteiger partial charge in [-0.1, -0.05) is 72.3 Å². The Balaban J connectivity index is 1.18. The Labute approximate surface area is 254 Å². The standard InChI is InChI=1S/C37H40N2O4/c1-24-9-7-10-26(21-24)15-18-34(41)38(3)30-17-16-29-31-22-28-13-8-14-32-35(28)37(29,36(30)43-32)19-20-39(31)23-33(42-25(2)40)27-11-5-4-6-12-27/h4-15,18,21,29-31,33,36H,16-17,19-20,22-23H2,1-3H3/t29-,30+,31+,33?,36-,37-/m0/s1. The van der Waals surface area contributed by atoms with Crippen molar-refractivity contribution >= 4 is 18.0 Å². The number of carbonyl (C=O) groups excluding carboxylic acids is 2. The predicted molar refractivity (Wildman–Crippen MR) is 167 cm³/mol. The van der Waals surface area contributed by atoms with Gasteiger partial charge < -0.3 is 14.4 Å². The number of likely N-dealkylation sites (N-methyl/N-ethyl adjacent to an activating group) is 1. The summed E-state index contributed by atoms with van der Waals surface area (Å²) < 4.78 is 12.8. The maximum Gasteiger partial charge on any atom is 0.303 e. The quantitative estimate of drug-likeness (QED) is 0.260. The number of aryl methyl sites for hydroxylation is 1. The third kappa shape index (κ3) is 4.76. The molecule has 1 saturated carbocycles. The van der Waals surface area contributed by atoms with E-state index < -0.39 is 0 Å². The maximum absolute atomic E-state index is 13.5. The molecule has 3 aromatic rings. The van der Waals surface area contributed by atoms with E-state index in [4.69, 9.17) is 9.47 Å². The third-order valence-corrected chi connectivity index (χ3v) is 10.5. The van der Waals surface area contributed by atoms with Crippen LogP contribution in [0, 0.1) is 12.8 Å². The second-order valence-corrected chi connectivity index (χ2v) is 12.8. The minimum atomic E-state index is -0.309. The first-order valence-electron chi connectivity index (χ1n) is 15.6. The van der Waals surface area contributed by atoms with Gasteiger partial charge in [-0.25, -0.2) is 0 Å². The first-order chi connectivity index (χ1) is 20.8. The molecule has 6 atom stereocenters. The maximum atomic E-state index is 13.5. The molecule has 1 unspecified atom stereocenters. The zero-order valence-electron chi connectivity index (χ0n) is 25.2. The highest BCUT2D eigenvalue weighted by molar-refractivity contribution is 5.92. The number of hydrogen-bond donors (Lipinski definition) is 0. The molecule has 3 aromatic carbocycles. The monoisotopic (exact) mass is 576 g/mol. The number of carbonyl (C=O) groups is 2. The van der Waals surface area contributed by atoms with Gasteiger partial charge in [0.15, 0.2) is 0 Å². The van der Waals surface area contributed by atoms with E-state index in [1.54, 1.807) is 6.08 Å². The van der Waals surface area contributed by atoms with Crippen LogP contribution in [-0.4, -0.2) is 60.0 Å². The van der Waals surface area contributed by atoms with E-state index in [0.29, 0.717) is 18.5 Å². The number of amides is 1. The summed E-state index contributed by atoms with van der Waals surface area (Å²) in [5.41, 5.74) is 5.87. The van der Waals surface area contributed by atoms with Crippen LogP contribution in [0.2, 0.25) is 0 Å². The summed E-state index contributed by atoms with van der Waals surface area (Å²) in [5.74, 6) is 1.18. The molecule has 2 fully saturated rings. The van der Waals surface area contributed by atoms with Crippen LogP contribution >= 0.6 is 0 Å². The summed E-state index contributed by atoms with van der Waals surface area (Å²) in [7, 11) is 1.94. The van der Waals surface area contributed by atoms with Crippen LogP contribution in [0.1, 0.15) is 60.1 Å². The molecule has 1 spiro atoms. The number of rotatable bonds is 7. The lowest BCUT2D eigenvalue weighted by molar-refractivity contribution is -0.150. The molecule has 1 amide bonds. The van der Waals surface area contributed by atoms with Crippen molar-refractivity contribution in [1.82, 2.24) is 9.80 Å². The minimum absolute atomic E-state index is 0.00503. The fourth-order valence-corrected chi connectivity index (χ4v) is 8.71. The molecular weight excluding hydrogens is 536 g/mol. The topological polar surface area (TPSA) is 59.1 Å². The molecule has 6 heteroatoms. The normalized spacial score (nSPS) is 27.7. The summed E-state index contributed by atoms with van der Waals surface area (Å²) in [4.78, 5) is 30.1. The van der Waals surface area contributed by atoms with Crippen LogP contribution < -0.4 is 4.74 Å². The lowest BCUT2D eigenvalue weighted by Crippen LogP contribution is -2.69. The summed E-state index contributed by atoms with van der Waals surface area (Å²) >= 11 is 0. The Hall–Kier alpha value is -3.90. The Morgan fingerprint density at radius 3 is 2.70 bits per heavy atom. The van der Waals surface area contributed by atoms with E-state index in [9.17, 15) is 9.59 Å². The van der Waals surface area contributed by atoms with Crippen LogP contribution in [0.3, 0.4) is 0 Å². The van der Waals surface area contributed by atoms with E-state index in [2.05, 4.69) is 42.2 Å². The first kappa shape index (κ1) is 27.9. The van der Waals surface area contributed by atoms with Crippen LogP contribution in [0.4, 0.5) is 0 Å². The lowest BCUT2D eigenvalue weighted by Gasteiger charge is -2.60. The number of ether oxygens (including phenoxy) is 2. The van der Waals surface area contributed by atoms with Gasteiger partial charge >= 0.3 is 5.97 Å². The van der Waals surface area contributed by atoms with Gasteiger partial charge in [0.25, 0.3) is 0 Å². The number of hydrogen-bond acceptors (Lipinski definition) is 5. The third-order valence-electron chi connectivity index (χ3n) is 10.5. The Kier molecular flexibility index (Phi) is 7.13. The van der Waals surface area contributed by atoms with Crippen LogP contribution in [0.15, 0.2) is 78.9 Å². The van der Waals surface area contributed by atoms with Gasteiger partial charge in [-0.2, -0.15) is 0 Å². The average Bonchev–Trinajstić information content (AvgIpc) is 3.35. The zero-order chi connectivity index (χ0) is 29.7. The number of likely N-dealkylation sites (tertiary alicyclic amines) is 1. The molecule has 6 nitrogen and oxygen atoms in total. The smallest absolute Gasteiger partial charge is 0.303 e. The molecule has 2 bridgehead atoms. The highest BCUT2D eigenvalue weighted by atomic mass is 16.5. The van der Waals surface area contributed by atoms with Gasteiger partial charge in [0.1, 0.15) is 18.0 Å². The summed E-state index contributed by atoms with van der Waals surface area (Å²) in [6.07, 6.45) is 7.09. The Bertz CT molecular complexity index is 1570. The summed E-state index contributed by atoms with van der Waals surface area (Å²) in [5, 5.41) is 0. The molecule has 0 N–H and O–H groups in total. The van der Waals surface area contributed by atoms with Gasteiger partial charge in [-0.15, -0.1) is 0 Å². The fourth-order valence-electron chi connectivity index (χ4n) is 8.71. The number of esters is 1. The largest absolute Gasteiger partial charge is 0.487 e. The molecule has 4 aliphatic rings. The molecule has 7 rings (SSSR count). The molecule has 2 aliphatic heterocycles. The van der Waals surface area contributed by atoms with Crippen molar-refractivity contribution in [3.8, 4) is 5.75 Å². The Morgan fingerprint density at radius 2 is 1.91 bits per heavy atom. The van der Waals surface area contributed by atoms with Crippen molar-refractivity contribution in [2.24, 2.45) is 5.92 Å². The molecular formula is C37H40N2O4. The van der Waals surface area contributed by atoms with Crippen molar-refractivity contribution in [1.29, 1.82) is 0 Å².